The van der Waals surface area contributed by atoms with Gasteiger partial charge in [-0.15, -0.1) is 0 Å². The van der Waals surface area contributed by atoms with E-state index in [1.54, 1.807) is 0 Å². The fourth-order valence-electron chi connectivity index (χ4n) is 0.698. The molecule has 0 bridgehead atoms. The Bertz CT molecular complexity index is 167. The number of aliphatic hydroxyl groups is 3. The van der Waals surface area contributed by atoms with E-state index in [4.69, 9.17) is 15.3 Å². The largest absolute Gasteiger partial charge is 0.512 e. The lowest BCUT2D eigenvalue weighted by molar-refractivity contribution is -0.122. The number of aliphatic hydroxyl groups excluding tert-OH is 1. The lowest BCUT2D eigenvalue weighted by Gasteiger charge is -2.18. The van der Waals surface area contributed by atoms with Gasteiger partial charge < -0.3 is 15.3 Å². The zero-order chi connectivity index (χ0) is 6.91. The lowest BCUT2D eigenvalue weighted by Crippen LogP contribution is -2.26. The molecule has 50 valence electrons. The maximum atomic E-state index is 8.81. The molecule has 1 rings (SSSR count). The molecule has 3 nitrogen and oxygen atoms in total. The number of rotatable bonds is 0. The summed E-state index contributed by atoms with van der Waals surface area (Å²) in [6, 6.07) is 0. The van der Waals surface area contributed by atoms with Gasteiger partial charge in [0.15, 0.2) is 5.79 Å². The zero-order valence-corrected chi connectivity index (χ0v) is 4.78. The van der Waals surface area contributed by atoms with Crippen LogP contribution in [0.2, 0.25) is 0 Å². The molecule has 0 fully saturated rings. The normalized spacial score (nSPS) is 23.6. The molecule has 3 heteroatoms. The number of allylic oxidation sites excluding steroid dienone is 2. The van der Waals surface area contributed by atoms with Crippen LogP contribution in [-0.2, 0) is 0 Å². The van der Waals surface area contributed by atoms with Gasteiger partial charge in [0.05, 0.1) is 12.2 Å². The first kappa shape index (κ1) is 6.32. The Labute approximate surface area is 52.6 Å². The summed E-state index contributed by atoms with van der Waals surface area (Å²) >= 11 is 0. The summed E-state index contributed by atoms with van der Waals surface area (Å²) in [4.78, 5) is 0. The highest BCUT2D eigenvalue weighted by Crippen LogP contribution is 2.17. The van der Waals surface area contributed by atoms with Crippen LogP contribution in [0.1, 0.15) is 6.42 Å². The molecule has 0 aromatic rings. The molecule has 0 saturated heterocycles. The van der Waals surface area contributed by atoms with Crippen molar-refractivity contribution in [2.75, 3.05) is 0 Å². The average Bonchev–Trinajstić information content (AvgIpc) is 1.60. The molecular formula is C6H8O3. The molecule has 0 unspecified atom stereocenters. The minimum atomic E-state index is -1.85. The van der Waals surface area contributed by atoms with Gasteiger partial charge in [-0.05, 0) is 12.2 Å². The molecule has 0 aliphatic heterocycles. The van der Waals surface area contributed by atoms with Crippen LogP contribution in [0.4, 0.5) is 0 Å². The molecule has 0 spiro atoms. The second kappa shape index (κ2) is 1.86. The van der Waals surface area contributed by atoms with Gasteiger partial charge in [0.2, 0.25) is 0 Å². The summed E-state index contributed by atoms with van der Waals surface area (Å²) in [7, 11) is 0. The van der Waals surface area contributed by atoms with Gasteiger partial charge in [-0.1, -0.05) is 6.08 Å². The first-order valence-electron chi connectivity index (χ1n) is 2.62. The first-order chi connectivity index (χ1) is 4.10. The molecule has 0 radical (unpaired) electrons. The topological polar surface area (TPSA) is 60.7 Å². The van der Waals surface area contributed by atoms with Crippen molar-refractivity contribution in [3.63, 3.8) is 0 Å². The lowest BCUT2D eigenvalue weighted by atomic mass is 10.1. The summed E-state index contributed by atoms with van der Waals surface area (Å²) in [5.74, 6) is -1.86. The quantitative estimate of drug-likeness (QED) is 0.404. The van der Waals surface area contributed by atoms with Gasteiger partial charge in [0.1, 0.15) is 0 Å². The Balaban J connectivity index is 2.73. The van der Waals surface area contributed by atoms with Crippen molar-refractivity contribution in [3.8, 4) is 0 Å². The molecule has 0 atom stereocenters. The second-order valence-electron chi connectivity index (χ2n) is 2.07. The monoisotopic (exact) mass is 128 g/mol. The van der Waals surface area contributed by atoms with Gasteiger partial charge in [-0.3, -0.25) is 0 Å². The van der Waals surface area contributed by atoms with Gasteiger partial charge >= 0.3 is 0 Å². The summed E-state index contributed by atoms with van der Waals surface area (Å²) in [6.45, 7) is 0. The molecular weight excluding hydrogens is 120 g/mol. The van der Waals surface area contributed by atoms with Crippen LogP contribution < -0.4 is 0 Å². The molecule has 0 saturated carbocycles. The summed E-state index contributed by atoms with van der Waals surface area (Å²) < 4.78 is 0. The van der Waals surface area contributed by atoms with E-state index in [1.165, 1.54) is 18.2 Å². The summed E-state index contributed by atoms with van der Waals surface area (Å²) in [5.41, 5.74) is 0. The van der Waals surface area contributed by atoms with Gasteiger partial charge in [0, 0.05) is 0 Å². The molecule has 3 N–H and O–H groups in total. The Morgan fingerprint density at radius 2 is 2.11 bits per heavy atom. The van der Waals surface area contributed by atoms with Crippen LogP contribution in [0.15, 0.2) is 24.0 Å². The second-order valence-corrected chi connectivity index (χ2v) is 2.07. The predicted octanol–water partition coefficient (Wildman–Crippen LogP) is 0.0691. The molecule has 1 aliphatic carbocycles. The van der Waals surface area contributed by atoms with Crippen LogP contribution in [0.25, 0.3) is 0 Å². The summed E-state index contributed by atoms with van der Waals surface area (Å²) in [5, 5.41) is 26.4. The predicted molar refractivity (Wildman–Crippen MR) is 31.6 cm³/mol. The highest BCUT2D eigenvalue weighted by Gasteiger charge is 2.22. The van der Waals surface area contributed by atoms with Gasteiger partial charge in [0.25, 0.3) is 0 Å². The van der Waals surface area contributed by atoms with Crippen molar-refractivity contribution in [1.29, 1.82) is 0 Å². The van der Waals surface area contributed by atoms with Crippen molar-refractivity contribution >= 4 is 0 Å². The minimum Gasteiger partial charge on any atom is -0.512 e. The Kier molecular flexibility index (Phi) is 1.31. The third kappa shape index (κ3) is 1.55. The SMILES string of the molecule is OC1=CC=CC(O)(O)C1. The maximum absolute atomic E-state index is 8.81. The third-order valence-electron chi connectivity index (χ3n) is 1.09. The van der Waals surface area contributed by atoms with Crippen LogP contribution in [-0.4, -0.2) is 21.1 Å². The highest BCUT2D eigenvalue weighted by molar-refractivity contribution is 5.17. The molecule has 0 amide bonds. The minimum absolute atomic E-state index is 0.0116. The smallest absolute Gasteiger partial charge is 0.190 e. The Hall–Kier alpha value is -0.800. The van der Waals surface area contributed by atoms with E-state index in [0.29, 0.717) is 0 Å². The molecule has 9 heavy (non-hydrogen) atoms. The zero-order valence-electron chi connectivity index (χ0n) is 4.78. The summed E-state index contributed by atoms with van der Waals surface area (Å²) in [6.07, 6.45) is 3.92. The van der Waals surface area contributed by atoms with Crippen LogP contribution in [0.5, 0.6) is 0 Å². The van der Waals surface area contributed by atoms with E-state index in [-0.39, 0.29) is 12.2 Å². The first-order valence-corrected chi connectivity index (χ1v) is 2.62. The van der Waals surface area contributed by atoms with Gasteiger partial charge in [-0.2, -0.15) is 0 Å². The molecule has 0 aromatic heterocycles. The fourth-order valence-corrected chi connectivity index (χ4v) is 0.698. The molecule has 1 aliphatic rings. The third-order valence-corrected chi connectivity index (χ3v) is 1.09. The maximum Gasteiger partial charge on any atom is 0.190 e. The van der Waals surface area contributed by atoms with E-state index >= 15 is 0 Å². The van der Waals surface area contributed by atoms with Crippen molar-refractivity contribution in [3.05, 3.63) is 24.0 Å². The standard InChI is InChI=1S/C6H8O3/c7-5-2-1-3-6(8,9)4-5/h1-3,7-9H,4H2. The number of hydrogen-bond acceptors (Lipinski definition) is 3. The van der Waals surface area contributed by atoms with Crippen LogP contribution in [0.3, 0.4) is 0 Å². The van der Waals surface area contributed by atoms with Crippen molar-refractivity contribution in [2.24, 2.45) is 0 Å². The molecule has 0 aromatic carbocycles. The molecule has 0 heterocycles. The van der Waals surface area contributed by atoms with Crippen LogP contribution >= 0.6 is 0 Å². The van der Waals surface area contributed by atoms with Crippen molar-refractivity contribution in [2.45, 2.75) is 12.2 Å². The fraction of sp³-hybridized carbons (Fsp3) is 0.333. The van der Waals surface area contributed by atoms with Crippen molar-refractivity contribution < 1.29 is 15.3 Å². The van der Waals surface area contributed by atoms with E-state index in [9.17, 15) is 0 Å². The highest BCUT2D eigenvalue weighted by atomic mass is 16.5. The van der Waals surface area contributed by atoms with E-state index in [0.717, 1.165) is 0 Å². The van der Waals surface area contributed by atoms with Gasteiger partial charge in [-0.25, -0.2) is 0 Å². The van der Waals surface area contributed by atoms with E-state index < -0.39 is 5.79 Å². The van der Waals surface area contributed by atoms with Crippen LogP contribution in [0, 0.1) is 0 Å². The van der Waals surface area contributed by atoms with Crippen molar-refractivity contribution in [1.82, 2.24) is 0 Å². The Morgan fingerprint density at radius 3 is 2.44 bits per heavy atom. The number of hydrogen-bond donors (Lipinski definition) is 3. The average molecular weight is 128 g/mol. The Morgan fingerprint density at radius 1 is 1.44 bits per heavy atom. The van der Waals surface area contributed by atoms with E-state index in [1.807, 2.05) is 0 Å². The van der Waals surface area contributed by atoms with E-state index in [2.05, 4.69) is 0 Å².